The standard InChI is InChI=1S/C11H19NO3/c1-5-10(13)12(6-2)7-11(14)15-8-9(3)4/h5,9H,1,6-8H2,2-4H3. The summed E-state index contributed by atoms with van der Waals surface area (Å²) in [7, 11) is 0. The molecule has 0 aliphatic carbocycles. The first-order valence-corrected chi connectivity index (χ1v) is 5.08. The third-order valence-corrected chi connectivity index (χ3v) is 1.77. The second-order valence-electron chi connectivity index (χ2n) is 3.63. The summed E-state index contributed by atoms with van der Waals surface area (Å²) < 4.78 is 4.96. The van der Waals surface area contributed by atoms with E-state index in [9.17, 15) is 9.59 Å². The highest BCUT2D eigenvalue weighted by molar-refractivity contribution is 5.89. The van der Waals surface area contributed by atoms with Crippen LogP contribution < -0.4 is 0 Å². The van der Waals surface area contributed by atoms with Gasteiger partial charge in [-0.2, -0.15) is 0 Å². The van der Waals surface area contributed by atoms with Crippen molar-refractivity contribution in [2.45, 2.75) is 20.8 Å². The van der Waals surface area contributed by atoms with Gasteiger partial charge in [0.05, 0.1) is 6.61 Å². The van der Waals surface area contributed by atoms with Gasteiger partial charge in [-0.15, -0.1) is 0 Å². The van der Waals surface area contributed by atoms with Crippen molar-refractivity contribution < 1.29 is 14.3 Å². The molecule has 0 aromatic carbocycles. The number of esters is 1. The Morgan fingerprint density at radius 1 is 1.47 bits per heavy atom. The smallest absolute Gasteiger partial charge is 0.325 e. The summed E-state index contributed by atoms with van der Waals surface area (Å²) in [4.78, 5) is 23.9. The molecule has 0 atom stereocenters. The van der Waals surface area contributed by atoms with Crippen LogP contribution in [0.2, 0.25) is 0 Å². The first-order chi connectivity index (χ1) is 7.01. The minimum atomic E-state index is -0.374. The van der Waals surface area contributed by atoms with E-state index in [0.29, 0.717) is 19.1 Å². The number of rotatable bonds is 6. The summed E-state index contributed by atoms with van der Waals surface area (Å²) in [6.45, 7) is 9.94. The highest BCUT2D eigenvalue weighted by atomic mass is 16.5. The van der Waals surface area contributed by atoms with E-state index in [1.54, 1.807) is 6.92 Å². The van der Waals surface area contributed by atoms with Crippen LogP contribution >= 0.6 is 0 Å². The largest absolute Gasteiger partial charge is 0.464 e. The van der Waals surface area contributed by atoms with Gasteiger partial charge in [-0.3, -0.25) is 9.59 Å². The van der Waals surface area contributed by atoms with Crippen LogP contribution in [0.1, 0.15) is 20.8 Å². The highest BCUT2D eigenvalue weighted by Crippen LogP contribution is 1.96. The molecule has 0 saturated heterocycles. The van der Waals surface area contributed by atoms with Crippen LogP contribution in [-0.4, -0.2) is 36.5 Å². The monoisotopic (exact) mass is 213 g/mol. The molecular formula is C11H19NO3. The maximum atomic E-state index is 11.3. The average Bonchev–Trinajstić information content (AvgIpc) is 2.21. The first kappa shape index (κ1) is 13.7. The van der Waals surface area contributed by atoms with Gasteiger partial charge in [0.2, 0.25) is 5.91 Å². The zero-order chi connectivity index (χ0) is 11.8. The van der Waals surface area contributed by atoms with Gasteiger partial charge in [0.15, 0.2) is 0 Å². The van der Waals surface area contributed by atoms with Gasteiger partial charge in [0, 0.05) is 6.54 Å². The summed E-state index contributed by atoms with van der Waals surface area (Å²) in [5, 5.41) is 0. The van der Waals surface area contributed by atoms with Crippen molar-refractivity contribution in [3.05, 3.63) is 12.7 Å². The Labute approximate surface area is 90.9 Å². The molecule has 4 heteroatoms. The fourth-order valence-corrected chi connectivity index (χ4v) is 0.936. The molecule has 0 aliphatic rings. The van der Waals surface area contributed by atoms with Gasteiger partial charge in [-0.05, 0) is 18.9 Å². The molecule has 86 valence electrons. The van der Waals surface area contributed by atoms with Crippen LogP contribution in [0.3, 0.4) is 0 Å². The number of amides is 1. The number of carbonyl (C=O) groups excluding carboxylic acids is 2. The van der Waals surface area contributed by atoms with E-state index in [0.717, 1.165) is 0 Å². The number of hydrogen-bond donors (Lipinski definition) is 0. The molecule has 0 bridgehead atoms. The molecule has 0 spiro atoms. The molecule has 1 amide bonds. The van der Waals surface area contributed by atoms with Crippen LogP contribution in [-0.2, 0) is 14.3 Å². The van der Waals surface area contributed by atoms with Gasteiger partial charge < -0.3 is 9.64 Å². The Morgan fingerprint density at radius 2 is 2.07 bits per heavy atom. The van der Waals surface area contributed by atoms with Crippen LogP contribution in [0.4, 0.5) is 0 Å². The molecule has 0 heterocycles. The van der Waals surface area contributed by atoms with E-state index in [1.807, 2.05) is 13.8 Å². The molecule has 0 N–H and O–H groups in total. The first-order valence-electron chi connectivity index (χ1n) is 5.08. The summed E-state index contributed by atoms with van der Waals surface area (Å²) in [6.07, 6.45) is 1.19. The predicted octanol–water partition coefficient (Wildman–Crippen LogP) is 1.22. The predicted molar refractivity (Wildman–Crippen MR) is 58.2 cm³/mol. The van der Waals surface area contributed by atoms with Crippen molar-refractivity contribution in [1.82, 2.24) is 4.90 Å². The van der Waals surface area contributed by atoms with E-state index in [1.165, 1.54) is 11.0 Å². The van der Waals surface area contributed by atoms with E-state index in [4.69, 9.17) is 4.74 Å². The van der Waals surface area contributed by atoms with E-state index >= 15 is 0 Å². The summed E-state index contributed by atoms with van der Waals surface area (Å²) in [6, 6.07) is 0. The Hall–Kier alpha value is -1.32. The van der Waals surface area contributed by atoms with Crippen molar-refractivity contribution in [2.24, 2.45) is 5.92 Å². The zero-order valence-corrected chi connectivity index (χ0v) is 9.66. The molecule has 0 radical (unpaired) electrons. The average molecular weight is 213 g/mol. The molecule has 0 aromatic heterocycles. The quantitative estimate of drug-likeness (QED) is 0.492. The van der Waals surface area contributed by atoms with E-state index < -0.39 is 0 Å². The van der Waals surface area contributed by atoms with Crippen LogP contribution in [0.25, 0.3) is 0 Å². The van der Waals surface area contributed by atoms with E-state index in [-0.39, 0.29) is 18.4 Å². The Balaban J connectivity index is 4.01. The number of ether oxygens (including phenoxy) is 1. The van der Waals surface area contributed by atoms with Gasteiger partial charge in [-0.25, -0.2) is 0 Å². The molecule has 0 fully saturated rings. The minimum Gasteiger partial charge on any atom is -0.464 e. The highest BCUT2D eigenvalue weighted by Gasteiger charge is 2.13. The van der Waals surface area contributed by atoms with Gasteiger partial charge in [0.1, 0.15) is 6.54 Å². The Kier molecular flexibility index (Phi) is 6.42. The van der Waals surface area contributed by atoms with E-state index in [2.05, 4.69) is 6.58 Å². The lowest BCUT2D eigenvalue weighted by Gasteiger charge is -2.18. The van der Waals surface area contributed by atoms with Gasteiger partial charge >= 0.3 is 5.97 Å². The lowest BCUT2D eigenvalue weighted by atomic mass is 10.2. The lowest BCUT2D eigenvalue weighted by Crippen LogP contribution is -2.35. The molecule has 0 unspecified atom stereocenters. The van der Waals surface area contributed by atoms with Gasteiger partial charge in [-0.1, -0.05) is 20.4 Å². The molecule has 4 nitrogen and oxygen atoms in total. The summed E-state index contributed by atoms with van der Waals surface area (Å²) >= 11 is 0. The van der Waals surface area contributed by atoms with Gasteiger partial charge in [0.25, 0.3) is 0 Å². The Bertz CT molecular complexity index is 236. The normalized spacial score (nSPS) is 9.87. The van der Waals surface area contributed by atoms with Crippen molar-refractivity contribution in [2.75, 3.05) is 19.7 Å². The molecular weight excluding hydrogens is 194 g/mol. The van der Waals surface area contributed by atoms with Crippen molar-refractivity contribution in [3.63, 3.8) is 0 Å². The second kappa shape index (κ2) is 7.04. The van der Waals surface area contributed by atoms with Crippen molar-refractivity contribution in [3.8, 4) is 0 Å². The Morgan fingerprint density at radius 3 is 2.47 bits per heavy atom. The van der Waals surface area contributed by atoms with Crippen LogP contribution in [0, 0.1) is 5.92 Å². The SMILES string of the molecule is C=CC(=O)N(CC)CC(=O)OCC(C)C. The summed E-state index contributed by atoms with van der Waals surface area (Å²) in [5.74, 6) is -0.320. The minimum absolute atomic E-state index is 0.00588. The number of likely N-dealkylation sites (N-methyl/N-ethyl adjacent to an activating group) is 1. The summed E-state index contributed by atoms with van der Waals surface area (Å²) in [5.41, 5.74) is 0. The molecule has 0 aliphatic heterocycles. The van der Waals surface area contributed by atoms with Crippen LogP contribution in [0.15, 0.2) is 12.7 Å². The van der Waals surface area contributed by atoms with Crippen molar-refractivity contribution >= 4 is 11.9 Å². The fraction of sp³-hybridized carbons (Fsp3) is 0.636. The maximum Gasteiger partial charge on any atom is 0.325 e. The molecule has 15 heavy (non-hydrogen) atoms. The molecule has 0 saturated carbocycles. The number of nitrogens with zero attached hydrogens (tertiary/aromatic N) is 1. The van der Waals surface area contributed by atoms with Crippen LogP contribution in [0.5, 0.6) is 0 Å². The number of hydrogen-bond acceptors (Lipinski definition) is 3. The fourth-order valence-electron chi connectivity index (χ4n) is 0.936. The molecule has 0 aromatic rings. The maximum absolute atomic E-state index is 11.3. The second-order valence-corrected chi connectivity index (χ2v) is 3.63. The molecule has 0 rings (SSSR count). The van der Waals surface area contributed by atoms with Crippen molar-refractivity contribution in [1.29, 1.82) is 0 Å². The number of carbonyl (C=O) groups is 2. The zero-order valence-electron chi connectivity index (χ0n) is 9.66. The third-order valence-electron chi connectivity index (χ3n) is 1.77. The lowest BCUT2D eigenvalue weighted by molar-refractivity contribution is -0.148. The third kappa shape index (κ3) is 5.88. The topological polar surface area (TPSA) is 46.6 Å².